The van der Waals surface area contributed by atoms with Crippen molar-refractivity contribution in [3.63, 3.8) is 0 Å². The molecule has 0 aromatic rings. The number of carbonyl (C=O) groups excluding carboxylic acids is 1. The van der Waals surface area contributed by atoms with Crippen LogP contribution in [0.4, 0.5) is 0 Å². The number of aliphatic carboxylic acids is 1. The summed E-state index contributed by atoms with van der Waals surface area (Å²) in [6.07, 6.45) is 16.7. The first-order chi connectivity index (χ1) is 12.9. The second kappa shape index (κ2) is 10.2. The molecule has 0 spiro atoms. The summed E-state index contributed by atoms with van der Waals surface area (Å²) in [5.41, 5.74) is 1.13. The monoisotopic (exact) mass is 398 g/mol. The summed E-state index contributed by atoms with van der Waals surface area (Å²) in [6.45, 7) is 9.22. The predicted octanol–water partition coefficient (Wildman–Crippen LogP) is 2.99. The molecule has 4 saturated carbocycles. The van der Waals surface area contributed by atoms with Crippen LogP contribution in [0.1, 0.15) is 111 Å². The zero-order valence-corrected chi connectivity index (χ0v) is 21.4. The van der Waals surface area contributed by atoms with Crippen molar-refractivity contribution in [2.45, 2.75) is 111 Å². The van der Waals surface area contributed by atoms with Crippen molar-refractivity contribution in [2.75, 3.05) is 0 Å². The Kier molecular flexibility index (Phi) is 9.00. The van der Waals surface area contributed by atoms with Crippen LogP contribution in [0.25, 0.3) is 0 Å². The van der Waals surface area contributed by atoms with Crippen molar-refractivity contribution < 1.29 is 39.5 Å². The molecule has 0 aliphatic heterocycles. The van der Waals surface area contributed by atoms with E-state index in [1.165, 1.54) is 64.2 Å². The van der Waals surface area contributed by atoms with E-state index in [9.17, 15) is 9.90 Å². The van der Waals surface area contributed by atoms with Crippen molar-refractivity contribution >= 4 is 5.97 Å². The van der Waals surface area contributed by atoms with Crippen molar-refractivity contribution in [1.29, 1.82) is 0 Å². The molecule has 0 bridgehead atoms. The molecule has 4 unspecified atom stereocenters. The molecule has 4 fully saturated rings. The first-order valence-electron chi connectivity index (χ1n) is 12.1. The van der Waals surface area contributed by atoms with Crippen LogP contribution in [0, 0.1) is 40.4 Å². The van der Waals surface area contributed by atoms with Gasteiger partial charge >= 0.3 is 29.6 Å². The minimum Gasteiger partial charge on any atom is -0.550 e. The maximum atomic E-state index is 10.8. The SMILES string of the molecule is CC.C[C@]12CCCCC1CCC1C2CC[C@@]2(C)C1CC[C@@H]2CCCC(=O)[O-].[Na+]. The molecule has 0 aromatic heterocycles. The number of carbonyl (C=O) groups is 1. The fraction of sp³-hybridized carbons (Fsp3) is 0.960. The van der Waals surface area contributed by atoms with Gasteiger partial charge < -0.3 is 9.90 Å². The van der Waals surface area contributed by atoms with Crippen molar-refractivity contribution in [3.05, 3.63) is 0 Å². The Morgan fingerprint density at radius 2 is 1.61 bits per heavy atom. The topological polar surface area (TPSA) is 40.1 Å². The Morgan fingerprint density at radius 1 is 0.893 bits per heavy atom. The zero-order valence-electron chi connectivity index (χ0n) is 19.4. The van der Waals surface area contributed by atoms with E-state index in [-0.39, 0.29) is 36.0 Å². The number of fused-ring (bicyclic) bond motifs is 5. The van der Waals surface area contributed by atoms with E-state index in [1.807, 2.05) is 13.8 Å². The molecule has 156 valence electrons. The van der Waals surface area contributed by atoms with Gasteiger partial charge in [0.2, 0.25) is 0 Å². The minimum absolute atomic E-state index is 0. The Bertz CT molecular complexity index is 521. The normalized spacial score (nSPS) is 44.1. The Labute approximate surface area is 196 Å². The number of rotatable bonds is 4. The summed E-state index contributed by atoms with van der Waals surface area (Å²) in [4.78, 5) is 10.8. The fourth-order valence-corrected chi connectivity index (χ4v) is 8.37. The van der Waals surface area contributed by atoms with E-state index in [4.69, 9.17) is 0 Å². The van der Waals surface area contributed by atoms with Gasteiger partial charge in [0, 0.05) is 5.97 Å². The third-order valence-corrected chi connectivity index (χ3v) is 9.71. The molecular weight excluding hydrogens is 355 g/mol. The Balaban J connectivity index is 0.000000906. The van der Waals surface area contributed by atoms with Crippen LogP contribution in [-0.2, 0) is 4.79 Å². The van der Waals surface area contributed by atoms with Crippen molar-refractivity contribution in [1.82, 2.24) is 0 Å². The summed E-state index contributed by atoms with van der Waals surface area (Å²) in [5.74, 6) is 3.75. The van der Waals surface area contributed by atoms with Crippen molar-refractivity contribution in [2.24, 2.45) is 40.4 Å². The molecule has 2 nitrogen and oxygen atoms in total. The zero-order chi connectivity index (χ0) is 19.7. The molecule has 4 rings (SSSR count). The predicted molar refractivity (Wildman–Crippen MR) is 110 cm³/mol. The van der Waals surface area contributed by atoms with E-state index in [0.29, 0.717) is 10.8 Å². The van der Waals surface area contributed by atoms with Crippen LogP contribution < -0.4 is 34.7 Å². The molecule has 3 heteroatoms. The Hall–Kier alpha value is 0.470. The molecule has 7 atom stereocenters. The van der Waals surface area contributed by atoms with E-state index < -0.39 is 5.97 Å². The molecular formula is C25H43NaO2. The maximum absolute atomic E-state index is 10.8. The van der Waals surface area contributed by atoms with Gasteiger partial charge in [-0.15, -0.1) is 0 Å². The third-order valence-electron chi connectivity index (χ3n) is 9.71. The smallest absolute Gasteiger partial charge is 0.550 e. The average Bonchev–Trinajstić information content (AvgIpc) is 2.99. The van der Waals surface area contributed by atoms with Crippen LogP contribution in [-0.4, -0.2) is 5.97 Å². The van der Waals surface area contributed by atoms with Gasteiger partial charge in [-0.05, 0) is 111 Å². The van der Waals surface area contributed by atoms with Gasteiger partial charge in [0.25, 0.3) is 0 Å². The molecule has 4 aliphatic rings. The van der Waals surface area contributed by atoms with Gasteiger partial charge in [-0.1, -0.05) is 40.5 Å². The van der Waals surface area contributed by atoms with Crippen LogP contribution in [0.3, 0.4) is 0 Å². The quantitative estimate of drug-likeness (QED) is 0.683. The second-order valence-corrected chi connectivity index (χ2v) is 10.5. The van der Waals surface area contributed by atoms with E-state index in [0.717, 1.165) is 42.4 Å². The van der Waals surface area contributed by atoms with Crippen molar-refractivity contribution in [3.8, 4) is 0 Å². The Morgan fingerprint density at radius 3 is 2.32 bits per heavy atom. The van der Waals surface area contributed by atoms with Gasteiger partial charge in [-0.2, -0.15) is 0 Å². The number of carboxylic acids is 1. The summed E-state index contributed by atoms with van der Waals surface area (Å²) >= 11 is 0. The number of hydrogen-bond donors (Lipinski definition) is 0. The molecule has 0 heterocycles. The summed E-state index contributed by atoms with van der Waals surface area (Å²) < 4.78 is 0. The van der Waals surface area contributed by atoms with Crippen LogP contribution in [0.15, 0.2) is 0 Å². The largest absolute Gasteiger partial charge is 1.00 e. The minimum atomic E-state index is -0.869. The molecule has 0 amide bonds. The summed E-state index contributed by atoms with van der Waals surface area (Å²) in [5, 5.41) is 10.8. The second-order valence-electron chi connectivity index (χ2n) is 10.5. The van der Waals surface area contributed by atoms with Crippen LogP contribution in [0.2, 0.25) is 0 Å². The molecule has 4 aliphatic carbocycles. The number of carboxylic acid groups (broad SMARTS) is 1. The summed E-state index contributed by atoms with van der Waals surface area (Å²) in [6, 6.07) is 0. The van der Waals surface area contributed by atoms with Gasteiger partial charge in [0.05, 0.1) is 0 Å². The molecule has 0 saturated heterocycles. The van der Waals surface area contributed by atoms with Gasteiger partial charge in [0.15, 0.2) is 0 Å². The molecule has 0 N–H and O–H groups in total. The van der Waals surface area contributed by atoms with Crippen LogP contribution in [0.5, 0.6) is 0 Å². The first-order valence-corrected chi connectivity index (χ1v) is 12.1. The van der Waals surface area contributed by atoms with Gasteiger partial charge in [0.1, 0.15) is 0 Å². The fourth-order valence-electron chi connectivity index (χ4n) is 8.37. The number of hydrogen-bond acceptors (Lipinski definition) is 2. The van der Waals surface area contributed by atoms with Gasteiger partial charge in [-0.3, -0.25) is 0 Å². The third kappa shape index (κ3) is 4.40. The van der Waals surface area contributed by atoms with E-state index in [1.54, 1.807) is 0 Å². The summed E-state index contributed by atoms with van der Waals surface area (Å²) in [7, 11) is 0. The van der Waals surface area contributed by atoms with Gasteiger partial charge in [-0.25, -0.2) is 0 Å². The van der Waals surface area contributed by atoms with E-state index >= 15 is 0 Å². The van der Waals surface area contributed by atoms with E-state index in [2.05, 4.69) is 13.8 Å². The van der Waals surface area contributed by atoms with Crippen LogP contribution >= 0.6 is 0 Å². The first kappa shape index (κ1) is 24.7. The molecule has 0 radical (unpaired) electrons. The average molecular weight is 399 g/mol. The molecule has 28 heavy (non-hydrogen) atoms. The molecule has 0 aromatic carbocycles. The maximum Gasteiger partial charge on any atom is 1.00 e. The standard InChI is InChI=1S/C23H38O2.C2H6.Na/c1-22-14-4-3-6-16(22)9-11-18-19-12-10-17(7-5-8-21(24)25)23(19,2)15-13-20(18)22;1-2;/h16-20H,3-15H2,1-2H3,(H,24,25);1-2H3;/q;;+1/p-1/t16?,17-,18?,19?,20?,22-,23+;;/m0../s1.